The van der Waals surface area contributed by atoms with E-state index in [1.807, 2.05) is 0 Å². The van der Waals surface area contributed by atoms with Crippen molar-refractivity contribution in [3.8, 4) is 5.75 Å². The van der Waals surface area contributed by atoms with Crippen molar-refractivity contribution in [1.82, 2.24) is 15.5 Å². The van der Waals surface area contributed by atoms with Gasteiger partial charge in [-0.05, 0) is 42.9 Å². The molecule has 36 heavy (non-hydrogen) atoms. The third-order valence-corrected chi connectivity index (χ3v) is 6.10. The first-order chi connectivity index (χ1) is 16.9. The lowest BCUT2D eigenvalue weighted by Crippen LogP contribution is -2.59. The smallest absolute Gasteiger partial charge is 0.326 e. The van der Waals surface area contributed by atoms with Crippen molar-refractivity contribution < 1.29 is 34.2 Å². The largest absolute Gasteiger partial charge is 0.508 e. The number of carboxylic acid groups (broad SMARTS) is 1. The Bertz CT molecular complexity index is 966. The summed E-state index contributed by atoms with van der Waals surface area (Å²) in [6.07, 6.45) is 0.800. The molecule has 0 radical (unpaired) electrons. The minimum Gasteiger partial charge on any atom is -0.508 e. The number of amides is 4. The zero-order chi connectivity index (χ0) is 27.0. The molecule has 1 aliphatic rings. The standard InChI is InChI=1S/C24H35N5O7/c1-13(2)20(23(34)29-11-3-4-18(29)24(35)36)28-22(33)17(12-14-5-7-15(30)8-6-14)27-21(32)16(25)9-10-19(26)31/h5-8,13,16-18,20,30H,3-4,9-12,25H2,1-2H3,(H2,26,31)(H,27,32)(H,28,33)(H,35,36). The Morgan fingerprint density at radius 2 is 1.72 bits per heavy atom. The number of hydrogen-bond donors (Lipinski definition) is 6. The fraction of sp³-hybridized carbons (Fsp3) is 0.542. The van der Waals surface area contributed by atoms with Crippen LogP contribution in [0.1, 0.15) is 45.1 Å². The molecule has 8 N–H and O–H groups in total. The van der Waals surface area contributed by atoms with Gasteiger partial charge < -0.3 is 37.2 Å². The molecule has 1 aromatic rings. The van der Waals surface area contributed by atoms with Crippen molar-refractivity contribution in [3.05, 3.63) is 29.8 Å². The molecule has 1 heterocycles. The second-order valence-electron chi connectivity index (χ2n) is 9.30. The van der Waals surface area contributed by atoms with Gasteiger partial charge in [0.25, 0.3) is 0 Å². The maximum absolute atomic E-state index is 13.3. The van der Waals surface area contributed by atoms with Gasteiger partial charge in [-0.2, -0.15) is 0 Å². The third kappa shape index (κ3) is 7.94. The highest BCUT2D eigenvalue weighted by atomic mass is 16.4. The molecule has 0 bridgehead atoms. The number of carbonyl (C=O) groups excluding carboxylic acids is 4. The third-order valence-electron chi connectivity index (χ3n) is 6.10. The van der Waals surface area contributed by atoms with E-state index in [1.165, 1.54) is 17.0 Å². The summed E-state index contributed by atoms with van der Waals surface area (Å²) in [5.41, 5.74) is 11.6. The van der Waals surface area contributed by atoms with Crippen LogP contribution in [0.5, 0.6) is 5.75 Å². The van der Waals surface area contributed by atoms with Crippen molar-refractivity contribution in [2.24, 2.45) is 17.4 Å². The van der Waals surface area contributed by atoms with E-state index < -0.39 is 53.8 Å². The lowest BCUT2D eigenvalue weighted by molar-refractivity contribution is -0.150. The number of carboxylic acids is 1. The number of phenolic OH excluding ortho intramolecular Hbond substituents is 1. The number of carbonyl (C=O) groups is 5. The zero-order valence-electron chi connectivity index (χ0n) is 20.5. The minimum atomic E-state index is -1.13. The Kier molecular flexibility index (Phi) is 10.2. The Balaban J connectivity index is 2.22. The summed E-state index contributed by atoms with van der Waals surface area (Å²) in [6, 6.07) is 1.85. The molecule has 0 aliphatic carbocycles. The van der Waals surface area contributed by atoms with E-state index in [2.05, 4.69) is 10.6 Å². The molecule has 198 valence electrons. The number of likely N-dealkylation sites (tertiary alicyclic amines) is 1. The van der Waals surface area contributed by atoms with E-state index >= 15 is 0 Å². The number of benzene rings is 1. The van der Waals surface area contributed by atoms with E-state index in [1.54, 1.807) is 26.0 Å². The number of rotatable bonds is 12. The number of nitrogens with two attached hydrogens (primary N) is 2. The number of hydrogen-bond acceptors (Lipinski definition) is 7. The van der Waals surface area contributed by atoms with Crippen molar-refractivity contribution >= 4 is 29.6 Å². The van der Waals surface area contributed by atoms with Crippen LogP contribution >= 0.6 is 0 Å². The van der Waals surface area contributed by atoms with Crippen molar-refractivity contribution in [2.75, 3.05) is 6.54 Å². The molecule has 1 aromatic carbocycles. The maximum atomic E-state index is 13.3. The fourth-order valence-corrected chi connectivity index (χ4v) is 4.02. The van der Waals surface area contributed by atoms with Gasteiger partial charge in [0.15, 0.2) is 0 Å². The Morgan fingerprint density at radius 3 is 2.28 bits per heavy atom. The van der Waals surface area contributed by atoms with Crippen LogP contribution in [0.2, 0.25) is 0 Å². The Morgan fingerprint density at radius 1 is 1.08 bits per heavy atom. The van der Waals surface area contributed by atoms with Crippen LogP contribution < -0.4 is 22.1 Å². The summed E-state index contributed by atoms with van der Waals surface area (Å²) in [7, 11) is 0. The highest BCUT2D eigenvalue weighted by Gasteiger charge is 2.39. The first-order valence-corrected chi connectivity index (χ1v) is 11.9. The molecule has 0 spiro atoms. The van der Waals surface area contributed by atoms with Crippen molar-refractivity contribution in [2.45, 2.75) is 70.1 Å². The average molecular weight is 506 g/mol. The molecule has 1 aliphatic heterocycles. The summed E-state index contributed by atoms with van der Waals surface area (Å²) < 4.78 is 0. The number of nitrogens with one attached hydrogen (secondary N) is 2. The Labute approximate surface area is 209 Å². The topological polar surface area (TPSA) is 205 Å². The predicted molar refractivity (Wildman–Crippen MR) is 129 cm³/mol. The van der Waals surface area contributed by atoms with Crippen LogP contribution in [0.15, 0.2) is 24.3 Å². The lowest BCUT2D eigenvalue weighted by atomic mass is 9.99. The second kappa shape index (κ2) is 12.9. The second-order valence-corrected chi connectivity index (χ2v) is 9.30. The zero-order valence-corrected chi connectivity index (χ0v) is 20.5. The molecule has 12 heteroatoms. The van der Waals surface area contributed by atoms with Gasteiger partial charge in [-0.3, -0.25) is 19.2 Å². The van der Waals surface area contributed by atoms with Gasteiger partial charge in [0.2, 0.25) is 23.6 Å². The summed E-state index contributed by atoms with van der Waals surface area (Å²) in [5.74, 6) is -3.88. The summed E-state index contributed by atoms with van der Waals surface area (Å²) in [5, 5.41) is 24.2. The molecule has 0 aromatic heterocycles. The van der Waals surface area contributed by atoms with Crippen LogP contribution in [0, 0.1) is 5.92 Å². The van der Waals surface area contributed by atoms with Crippen LogP contribution in [-0.4, -0.2) is 75.4 Å². The van der Waals surface area contributed by atoms with Crippen LogP contribution in [0.3, 0.4) is 0 Å². The van der Waals surface area contributed by atoms with Gasteiger partial charge in [0, 0.05) is 19.4 Å². The first kappa shape index (κ1) is 28.6. The van der Waals surface area contributed by atoms with Gasteiger partial charge in [-0.1, -0.05) is 26.0 Å². The van der Waals surface area contributed by atoms with E-state index in [0.29, 0.717) is 18.4 Å². The number of phenols is 1. The molecule has 12 nitrogen and oxygen atoms in total. The van der Waals surface area contributed by atoms with E-state index in [0.717, 1.165) is 0 Å². The number of aromatic hydroxyl groups is 1. The van der Waals surface area contributed by atoms with Gasteiger partial charge in [0.05, 0.1) is 6.04 Å². The molecule has 4 amide bonds. The summed E-state index contributed by atoms with van der Waals surface area (Å²) in [4.78, 5) is 63.0. The quantitative estimate of drug-likeness (QED) is 0.212. The van der Waals surface area contributed by atoms with Gasteiger partial charge in [0.1, 0.15) is 23.9 Å². The fourth-order valence-electron chi connectivity index (χ4n) is 4.02. The van der Waals surface area contributed by atoms with Gasteiger partial charge in [-0.15, -0.1) is 0 Å². The first-order valence-electron chi connectivity index (χ1n) is 11.9. The van der Waals surface area contributed by atoms with Gasteiger partial charge in [-0.25, -0.2) is 4.79 Å². The van der Waals surface area contributed by atoms with Crippen molar-refractivity contribution in [3.63, 3.8) is 0 Å². The molecule has 2 rings (SSSR count). The van der Waals surface area contributed by atoms with Gasteiger partial charge >= 0.3 is 5.97 Å². The molecule has 4 atom stereocenters. The van der Waals surface area contributed by atoms with Crippen LogP contribution in [0.4, 0.5) is 0 Å². The molecular weight excluding hydrogens is 470 g/mol. The minimum absolute atomic E-state index is 0.00659. The molecule has 0 saturated carbocycles. The SMILES string of the molecule is CC(C)C(NC(=O)C(Cc1ccc(O)cc1)NC(=O)C(N)CCC(N)=O)C(=O)N1CCCC1C(=O)O. The monoisotopic (exact) mass is 505 g/mol. The van der Waals surface area contributed by atoms with E-state index in [-0.39, 0.29) is 37.5 Å². The number of nitrogens with zero attached hydrogens (tertiary/aromatic N) is 1. The van der Waals surface area contributed by atoms with E-state index in [9.17, 15) is 34.2 Å². The normalized spacial score (nSPS) is 17.8. The highest BCUT2D eigenvalue weighted by molar-refractivity contribution is 5.94. The molecule has 4 unspecified atom stereocenters. The average Bonchev–Trinajstić information content (AvgIpc) is 3.31. The lowest BCUT2D eigenvalue weighted by Gasteiger charge is -2.31. The molecular formula is C24H35N5O7. The summed E-state index contributed by atoms with van der Waals surface area (Å²) >= 11 is 0. The predicted octanol–water partition coefficient (Wildman–Crippen LogP) is -0.771. The summed E-state index contributed by atoms with van der Waals surface area (Å²) in [6.45, 7) is 3.72. The van der Waals surface area contributed by atoms with Crippen molar-refractivity contribution in [1.29, 1.82) is 0 Å². The number of aliphatic carboxylic acids is 1. The van der Waals surface area contributed by atoms with Crippen LogP contribution in [0.25, 0.3) is 0 Å². The van der Waals surface area contributed by atoms with E-state index in [4.69, 9.17) is 11.5 Å². The molecule has 1 saturated heterocycles. The Hall–Kier alpha value is -3.67. The number of primary amides is 1. The molecule has 1 fully saturated rings. The van der Waals surface area contributed by atoms with Crippen LogP contribution in [-0.2, 0) is 30.4 Å². The maximum Gasteiger partial charge on any atom is 0.326 e. The highest BCUT2D eigenvalue weighted by Crippen LogP contribution is 2.20.